The average molecular weight is 437 g/mol. The van der Waals surface area contributed by atoms with Crippen molar-refractivity contribution >= 4 is 28.5 Å². The molecule has 0 aromatic heterocycles. The average Bonchev–Trinajstić information content (AvgIpc) is 3.16. The largest absolute Gasteiger partial charge is 0.480 e. The van der Waals surface area contributed by atoms with E-state index in [0.717, 1.165) is 33.0 Å². The van der Waals surface area contributed by atoms with Gasteiger partial charge in [-0.05, 0) is 40.6 Å². The first kappa shape index (κ1) is 20.8. The fourth-order valence-corrected chi connectivity index (χ4v) is 4.66. The Morgan fingerprint density at radius 3 is 2.09 bits per heavy atom. The molecule has 1 N–H and O–H groups in total. The smallest absolute Gasteiger partial charge is 0.415 e. The molecule has 0 saturated heterocycles. The highest BCUT2D eigenvalue weighted by molar-refractivity contribution is 6.04. The zero-order chi connectivity index (χ0) is 22.9. The molecule has 164 valence electrons. The number of hydrogen-bond donors (Lipinski definition) is 1. The first-order valence-electron chi connectivity index (χ1n) is 10.9. The van der Waals surface area contributed by atoms with Gasteiger partial charge in [-0.2, -0.15) is 0 Å². The van der Waals surface area contributed by atoms with Gasteiger partial charge in [0.2, 0.25) is 0 Å². The number of benzene rings is 4. The molecule has 0 aliphatic heterocycles. The van der Waals surface area contributed by atoms with Crippen molar-refractivity contribution < 1.29 is 19.4 Å². The molecule has 1 atom stereocenters. The third-order valence-electron chi connectivity index (χ3n) is 6.30. The van der Waals surface area contributed by atoms with Crippen molar-refractivity contribution in [2.75, 3.05) is 11.5 Å². The number of carboxylic acid groups (broad SMARTS) is 1. The quantitative estimate of drug-likeness (QED) is 0.412. The van der Waals surface area contributed by atoms with E-state index in [1.165, 1.54) is 11.8 Å². The van der Waals surface area contributed by atoms with Crippen LogP contribution in [0.1, 0.15) is 24.0 Å². The van der Waals surface area contributed by atoms with Crippen LogP contribution in [0.5, 0.6) is 0 Å². The van der Waals surface area contributed by atoms with Crippen molar-refractivity contribution in [3.8, 4) is 11.1 Å². The van der Waals surface area contributed by atoms with Gasteiger partial charge in [-0.1, -0.05) is 84.9 Å². The summed E-state index contributed by atoms with van der Waals surface area (Å²) in [5.74, 6) is -1.20. The van der Waals surface area contributed by atoms with Crippen LogP contribution in [-0.4, -0.2) is 29.8 Å². The summed E-state index contributed by atoms with van der Waals surface area (Å²) >= 11 is 0. The number of aliphatic carboxylic acids is 1. The molecule has 4 aromatic carbocycles. The summed E-state index contributed by atoms with van der Waals surface area (Å²) in [4.78, 5) is 26.5. The summed E-state index contributed by atoms with van der Waals surface area (Å²) in [5, 5.41) is 11.4. The van der Waals surface area contributed by atoms with E-state index in [0.29, 0.717) is 5.69 Å². The van der Waals surface area contributed by atoms with Gasteiger partial charge in [0, 0.05) is 11.3 Å². The molecule has 0 heterocycles. The molecule has 0 radical (unpaired) electrons. The van der Waals surface area contributed by atoms with Crippen LogP contribution >= 0.6 is 0 Å². The highest BCUT2D eigenvalue weighted by atomic mass is 16.6. The molecule has 5 nitrogen and oxygen atoms in total. The van der Waals surface area contributed by atoms with E-state index in [2.05, 4.69) is 24.3 Å². The Kier molecular flexibility index (Phi) is 5.31. The van der Waals surface area contributed by atoms with Gasteiger partial charge in [0.05, 0.1) is 5.69 Å². The first-order valence-corrected chi connectivity index (χ1v) is 10.9. The van der Waals surface area contributed by atoms with Crippen LogP contribution in [0.15, 0.2) is 91.0 Å². The Bertz CT molecular complexity index is 1310. The fourth-order valence-electron chi connectivity index (χ4n) is 4.66. The number of carboxylic acids is 1. The third-order valence-corrected chi connectivity index (χ3v) is 6.30. The molecule has 1 aliphatic rings. The van der Waals surface area contributed by atoms with Crippen molar-refractivity contribution in [1.29, 1.82) is 0 Å². The van der Waals surface area contributed by atoms with Gasteiger partial charge in [0.1, 0.15) is 12.6 Å². The minimum absolute atomic E-state index is 0.101. The second-order valence-electron chi connectivity index (χ2n) is 8.19. The van der Waals surface area contributed by atoms with Gasteiger partial charge in [0.15, 0.2) is 0 Å². The van der Waals surface area contributed by atoms with E-state index < -0.39 is 18.1 Å². The van der Waals surface area contributed by atoms with Crippen molar-refractivity contribution in [2.24, 2.45) is 0 Å². The number of fused-ring (bicyclic) bond motifs is 4. The van der Waals surface area contributed by atoms with Crippen molar-refractivity contribution in [1.82, 2.24) is 0 Å². The van der Waals surface area contributed by atoms with Crippen LogP contribution in [0.2, 0.25) is 0 Å². The van der Waals surface area contributed by atoms with Crippen LogP contribution in [0.25, 0.3) is 21.9 Å². The summed E-state index contributed by atoms with van der Waals surface area (Å²) in [5.41, 5.74) is 5.00. The SMILES string of the molecule is C[C@H](C(=O)O)N(C(=O)OCC1c2ccccc2-c2ccccc21)c1cccc2ccccc12. The number of carbonyl (C=O) groups is 2. The van der Waals surface area contributed by atoms with Gasteiger partial charge < -0.3 is 9.84 Å². The predicted molar refractivity (Wildman–Crippen MR) is 129 cm³/mol. The molecule has 5 rings (SSSR count). The normalized spacial score (nSPS) is 13.2. The number of hydrogen-bond acceptors (Lipinski definition) is 3. The van der Waals surface area contributed by atoms with Crippen LogP contribution < -0.4 is 4.90 Å². The fraction of sp³-hybridized carbons (Fsp3) is 0.143. The van der Waals surface area contributed by atoms with Crippen molar-refractivity contribution in [3.63, 3.8) is 0 Å². The zero-order valence-corrected chi connectivity index (χ0v) is 18.1. The highest BCUT2D eigenvalue weighted by Crippen LogP contribution is 2.44. The Morgan fingerprint density at radius 1 is 0.848 bits per heavy atom. The van der Waals surface area contributed by atoms with Gasteiger partial charge in [-0.25, -0.2) is 9.59 Å². The van der Waals surface area contributed by atoms with E-state index in [1.807, 2.05) is 60.7 Å². The molecule has 0 bridgehead atoms. The minimum atomic E-state index is -1.10. The third kappa shape index (κ3) is 3.61. The maximum atomic E-state index is 13.4. The number of nitrogens with zero attached hydrogens (tertiary/aromatic N) is 1. The monoisotopic (exact) mass is 437 g/mol. The first-order chi connectivity index (χ1) is 16.1. The summed E-state index contributed by atoms with van der Waals surface area (Å²) in [6.07, 6.45) is -0.678. The van der Waals surface area contributed by atoms with Gasteiger partial charge in [-0.3, -0.25) is 4.90 Å². The summed E-state index contributed by atoms with van der Waals surface area (Å²) in [6.45, 7) is 1.62. The number of carbonyl (C=O) groups excluding carboxylic acids is 1. The molecular formula is C28H23NO4. The van der Waals surface area contributed by atoms with Gasteiger partial charge in [0.25, 0.3) is 0 Å². The maximum absolute atomic E-state index is 13.4. The Morgan fingerprint density at radius 2 is 1.42 bits per heavy atom. The van der Waals surface area contributed by atoms with E-state index in [1.54, 1.807) is 6.07 Å². The Balaban J connectivity index is 1.48. The molecule has 5 heteroatoms. The lowest BCUT2D eigenvalue weighted by molar-refractivity contribution is -0.138. The van der Waals surface area contributed by atoms with Crippen LogP contribution in [-0.2, 0) is 9.53 Å². The van der Waals surface area contributed by atoms with Crippen LogP contribution in [0, 0.1) is 0 Å². The highest BCUT2D eigenvalue weighted by Gasteiger charge is 2.33. The van der Waals surface area contributed by atoms with E-state index in [4.69, 9.17) is 4.74 Å². The lowest BCUT2D eigenvalue weighted by Gasteiger charge is -2.28. The molecule has 1 amide bonds. The molecule has 0 saturated carbocycles. The minimum Gasteiger partial charge on any atom is -0.480 e. The summed E-state index contributed by atoms with van der Waals surface area (Å²) < 4.78 is 5.80. The number of anilines is 1. The van der Waals surface area contributed by atoms with Crippen LogP contribution in [0.4, 0.5) is 10.5 Å². The summed E-state index contributed by atoms with van der Waals surface area (Å²) in [6, 6.07) is 28.2. The Hall–Kier alpha value is -4.12. The predicted octanol–water partition coefficient (Wildman–Crippen LogP) is 6.07. The topological polar surface area (TPSA) is 66.8 Å². The molecular weight excluding hydrogens is 414 g/mol. The molecule has 33 heavy (non-hydrogen) atoms. The number of amides is 1. The standard InChI is InChI=1S/C28H23NO4/c1-18(27(30)31)29(26-16-8-10-19-9-2-3-11-20(19)26)28(32)33-17-25-23-14-6-4-12-21(23)22-13-5-7-15-24(22)25/h2-16,18,25H,17H2,1H3,(H,30,31)/t18-/m1/s1. The molecule has 0 fully saturated rings. The Labute approximate surface area is 191 Å². The van der Waals surface area contributed by atoms with Gasteiger partial charge >= 0.3 is 12.1 Å². The van der Waals surface area contributed by atoms with E-state index in [-0.39, 0.29) is 12.5 Å². The maximum Gasteiger partial charge on any atom is 0.415 e. The van der Waals surface area contributed by atoms with Crippen molar-refractivity contribution in [2.45, 2.75) is 18.9 Å². The number of ether oxygens (including phenoxy) is 1. The van der Waals surface area contributed by atoms with E-state index >= 15 is 0 Å². The van der Waals surface area contributed by atoms with Gasteiger partial charge in [-0.15, -0.1) is 0 Å². The van der Waals surface area contributed by atoms with Crippen molar-refractivity contribution in [3.05, 3.63) is 102 Å². The molecule has 4 aromatic rings. The molecule has 0 unspecified atom stereocenters. The summed E-state index contributed by atoms with van der Waals surface area (Å²) in [7, 11) is 0. The second-order valence-corrected chi connectivity index (χ2v) is 8.19. The van der Waals surface area contributed by atoms with E-state index in [9.17, 15) is 14.7 Å². The lowest BCUT2D eigenvalue weighted by Crippen LogP contribution is -2.44. The number of rotatable bonds is 5. The second kappa shape index (κ2) is 8.43. The zero-order valence-electron chi connectivity index (χ0n) is 18.1. The lowest BCUT2D eigenvalue weighted by atomic mass is 9.98. The van der Waals surface area contributed by atoms with Crippen LogP contribution in [0.3, 0.4) is 0 Å². The molecule has 0 spiro atoms. The molecule has 1 aliphatic carbocycles.